The van der Waals surface area contributed by atoms with Gasteiger partial charge in [-0.3, -0.25) is 0 Å². The largest absolute Gasteiger partial charge is 0.497 e. The third-order valence-electron chi connectivity index (χ3n) is 3.56. The molecular formula is C18H17ClN2O2S. The summed E-state index contributed by atoms with van der Waals surface area (Å²) in [4.78, 5) is 5.52. The predicted molar refractivity (Wildman–Crippen MR) is 98.1 cm³/mol. The molecule has 0 saturated heterocycles. The maximum absolute atomic E-state index is 9.42. The van der Waals surface area contributed by atoms with Crippen LogP contribution in [0, 0.1) is 0 Å². The van der Waals surface area contributed by atoms with Gasteiger partial charge in [-0.25, -0.2) is 4.99 Å². The average Bonchev–Trinajstić information content (AvgIpc) is 2.99. The maximum atomic E-state index is 9.42. The molecule has 6 heteroatoms. The molecule has 0 radical (unpaired) electrons. The zero-order valence-electron chi connectivity index (χ0n) is 13.1. The minimum atomic E-state index is 0.0487. The van der Waals surface area contributed by atoms with Crippen molar-refractivity contribution in [3.8, 4) is 17.0 Å². The topological polar surface area (TPSA) is 46.8 Å². The molecule has 0 unspecified atom stereocenters. The minimum Gasteiger partial charge on any atom is -0.497 e. The molecule has 0 spiro atoms. The van der Waals surface area contributed by atoms with Gasteiger partial charge in [-0.2, -0.15) is 0 Å². The second kappa shape index (κ2) is 7.66. The number of hydrogen-bond acceptors (Lipinski definition) is 4. The standard InChI is InChI=1S/C18H17ClN2O2S/c1-23-16-8-6-15(7-9-16)20-18-21(10-11-22)17(12-24-18)13-2-4-14(19)5-3-13/h2-9,12,22H,10-11H2,1H3. The fraction of sp³-hybridized carbons (Fsp3) is 0.167. The Morgan fingerprint density at radius 2 is 1.83 bits per heavy atom. The Labute approximate surface area is 149 Å². The summed E-state index contributed by atoms with van der Waals surface area (Å²) >= 11 is 7.51. The molecular weight excluding hydrogens is 344 g/mol. The van der Waals surface area contributed by atoms with Gasteiger partial charge < -0.3 is 14.4 Å². The van der Waals surface area contributed by atoms with E-state index in [1.54, 1.807) is 18.4 Å². The first-order chi connectivity index (χ1) is 11.7. The van der Waals surface area contributed by atoms with Crippen molar-refractivity contribution in [1.29, 1.82) is 0 Å². The van der Waals surface area contributed by atoms with Crippen LogP contribution in [0.2, 0.25) is 5.02 Å². The molecule has 3 aromatic rings. The Morgan fingerprint density at radius 3 is 2.46 bits per heavy atom. The average molecular weight is 361 g/mol. The number of methoxy groups -OCH3 is 1. The van der Waals surface area contributed by atoms with Crippen LogP contribution in [0.25, 0.3) is 11.3 Å². The van der Waals surface area contributed by atoms with Crippen molar-refractivity contribution >= 4 is 28.6 Å². The first-order valence-corrected chi connectivity index (χ1v) is 8.71. The number of nitrogens with zero attached hydrogens (tertiary/aromatic N) is 2. The molecule has 0 aliphatic heterocycles. The van der Waals surface area contributed by atoms with Gasteiger partial charge in [-0.05, 0) is 42.0 Å². The second-order valence-electron chi connectivity index (χ2n) is 5.10. The lowest BCUT2D eigenvalue weighted by molar-refractivity contribution is 0.275. The SMILES string of the molecule is COc1ccc(N=c2scc(-c3ccc(Cl)cc3)n2CCO)cc1. The third kappa shape index (κ3) is 3.70. The van der Waals surface area contributed by atoms with E-state index < -0.39 is 0 Å². The highest BCUT2D eigenvalue weighted by molar-refractivity contribution is 7.07. The highest BCUT2D eigenvalue weighted by atomic mass is 35.5. The Morgan fingerprint density at radius 1 is 1.12 bits per heavy atom. The number of hydrogen-bond donors (Lipinski definition) is 1. The van der Waals surface area contributed by atoms with E-state index >= 15 is 0 Å². The molecule has 0 fully saturated rings. The quantitative estimate of drug-likeness (QED) is 0.744. The molecule has 0 saturated carbocycles. The van der Waals surface area contributed by atoms with Gasteiger partial charge in [0.2, 0.25) is 0 Å². The summed E-state index contributed by atoms with van der Waals surface area (Å²) in [5.74, 6) is 0.796. The highest BCUT2D eigenvalue weighted by Gasteiger charge is 2.08. The van der Waals surface area contributed by atoms with E-state index in [4.69, 9.17) is 16.3 Å². The van der Waals surface area contributed by atoms with Crippen LogP contribution in [-0.2, 0) is 6.54 Å². The lowest BCUT2D eigenvalue weighted by Crippen LogP contribution is -2.17. The van der Waals surface area contributed by atoms with Crippen molar-refractivity contribution in [3.63, 3.8) is 0 Å². The summed E-state index contributed by atoms with van der Waals surface area (Å²) in [6.45, 7) is 0.531. The monoisotopic (exact) mass is 360 g/mol. The van der Waals surface area contributed by atoms with Crippen molar-refractivity contribution in [3.05, 3.63) is 63.7 Å². The molecule has 24 heavy (non-hydrogen) atoms. The van der Waals surface area contributed by atoms with E-state index in [-0.39, 0.29) is 6.61 Å². The van der Waals surface area contributed by atoms with Gasteiger partial charge >= 0.3 is 0 Å². The Bertz CT molecular complexity index is 867. The van der Waals surface area contributed by atoms with E-state index in [0.717, 1.165) is 27.5 Å². The Kier molecular flexibility index (Phi) is 5.35. The number of aliphatic hydroxyl groups is 1. The van der Waals surface area contributed by atoms with Crippen molar-refractivity contribution < 1.29 is 9.84 Å². The van der Waals surface area contributed by atoms with Gasteiger partial charge in [0.15, 0.2) is 4.80 Å². The maximum Gasteiger partial charge on any atom is 0.190 e. The Balaban J connectivity index is 2.04. The van der Waals surface area contributed by atoms with Gasteiger partial charge in [-0.1, -0.05) is 23.7 Å². The van der Waals surface area contributed by atoms with Crippen molar-refractivity contribution in [2.24, 2.45) is 4.99 Å². The number of thiazole rings is 1. The normalized spacial score (nSPS) is 11.7. The van der Waals surface area contributed by atoms with Crippen molar-refractivity contribution in [2.45, 2.75) is 6.54 Å². The predicted octanol–water partition coefficient (Wildman–Crippen LogP) is 4.10. The molecule has 0 aliphatic carbocycles. The van der Waals surface area contributed by atoms with E-state index in [1.807, 2.05) is 58.5 Å². The van der Waals surface area contributed by atoms with Crippen LogP contribution in [0.5, 0.6) is 5.75 Å². The number of benzene rings is 2. The zero-order valence-corrected chi connectivity index (χ0v) is 14.7. The van der Waals surface area contributed by atoms with Crippen molar-refractivity contribution in [1.82, 2.24) is 4.57 Å². The molecule has 4 nitrogen and oxygen atoms in total. The smallest absolute Gasteiger partial charge is 0.190 e. The number of aromatic nitrogens is 1. The summed E-state index contributed by atoms with van der Waals surface area (Å²) in [6, 6.07) is 15.2. The molecule has 0 bridgehead atoms. The summed E-state index contributed by atoms with van der Waals surface area (Å²) in [5, 5.41) is 12.2. The van der Waals surface area contributed by atoms with Crippen LogP contribution in [0.1, 0.15) is 0 Å². The minimum absolute atomic E-state index is 0.0487. The fourth-order valence-corrected chi connectivity index (χ4v) is 3.43. The lowest BCUT2D eigenvalue weighted by atomic mass is 10.2. The van der Waals surface area contributed by atoms with Gasteiger partial charge in [0, 0.05) is 16.9 Å². The Hall–Kier alpha value is -2.08. The third-order valence-corrected chi connectivity index (χ3v) is 4.67. The first kappa shape index (κ1) is 16.8. The second-order valence-corrected chi connectivity index (χ2v) is 6.37. The molecule has 0 aliphatic rings. The number of rotatable bonds is 5. The van der Waals surface area contributed by atoms with Gasteiger partial charge in [0.1, 0.15) is 5.75 Å². The number of aliphatic hydroxyl groups excluding tert-OH is 1. The van der Waals surface area contributed by atoms with Crippen LogP contribution in [0.15, 0.2) is 58.9 Å². The van der Waals surface area contributed by atoms with Gasteiger partial charge in [0.05, 0.1) is 25.1 Å². The summed E-state index contributed by atoms with van der Waals surface area (Å²) in [6.07, 6.45) is 0. The van der Waals surface area contributed by atoms with Crippen LogP contribution in [0.4, 0.5) is 5.69 Å². The van der Waals surface area contributed by atoms with E-state index in [2.05, 4.69) is 4.99 Å². The molecule has 0 atom stereocenters. The number of ether oxygens (including phenoxy) is 1. The van der Waals surface area contributed by atoms with Crippen LogP contribution in [-0.4, -0.2) is 23.4 Å². The van der Waals surface area contributed by atoms with E-state index in [1.165, 1.54) is 0 Å². The van der Waals surface area contributed by atoms with E-state index in [9.17, 15) is 5.11 Å². The first-order valence-electron chi connectivity index (χ1n) is 7.45. The number of halogens is 1. The molecule has 1 heterocycles. The van der Waals surface area contributed by atoms with E-state index in [0.29, 0.717) is 11.6 Å². The molecule has 1 N–H and O–H groups in total. The molecule has 3 rings (SSSR count). The van der Waals surface area contributed by atoms with Crippen molar-refractivity contribution in [2.75, 3.05) is 13.7 Å². The van der Waals surface area contributed by atoms with Crippen LogP contribution >= 0.6 is 22.9 Å². The zero-order chi connectivity index (χ0) is 16.9. The molecule has 124 valence electrons. The van der Waals surface area contributed by atoms with Gasteiger partial charge in [0.25, 0.3) is 0 Å². The summed E-state index contributed by atoms with van der Waals surface area (Å²) in [7, 11) is 1.64. The molecule has 2 aromatic carbocycles. The lowest BCUT2D eigenvalue weighted by Gasteiger charge is -2.07. The fourth-order valence-electron chi connectivity index (χ4n) is 2.35. The van der Waals surface area contributed by atoms with Crippen LogP contribution in [0.3, 0.4) is 0 Å². The molecule has 0 amide bonds. The van der Waals surface area contributed by atoms with Gasteiger partial charge in [-0.15, -0.1) is 11.3 Å². The molecule has 1 aromatic heterocycles. The summed E-state index contributed by atoms with van der Waals surface area (Å²) < 4.78 is 7.18. The van der Waals surface area contributed by atoms with Crippen LogP contribution < -0.4 is 9.54 Å². The summed E-state index contributed by atoms with van der Waals surface area (Å²) in [5.41, 5.74) is 2.89. The highest BCUT2D eigenvalue weighted by Crippen LogP contribution is 2.23.